The first-order valence-electron chi connectivity index (χ1n) is 7.34. The summed E-state index contributed by atoms with van der Waals surface area (Å²) in [6, 6.07) is 0.803. The second-order valence-corrected chi connectivity index (χ2v) is 7.24. The van der Waals surface area contributed by atoms with Gasteiger partial charge in [0, 0.05) is 6.04 Å². The maximum absolute atomic E-state index is 3.80. The van der Waals surface area contributed by atoms with Gasteiger partial charge in [0.05, 0.1) is 0 Å². The monoisotopic (exact) mass is 257 g/mol. The number of nitrogens with one attached hydrogen (secondary N) is 1. The second kappa shape index (κ2) is 8.42. The van der Waals surface area contributed by atoms with Gasteiger partial charge in [0.1, 0.15) is 0 Å². The fourth-order valence-corrected chi connectivity index (χ4v) is 3.76. The van der Waals surface area contributed by atoms with E-state index in [1.54, 1.807) is 0 Å². The average Bonchev–Trinajstić information content (AvgIpc) is 2.26. The van der Waals surface area contributed by atoms with Gasteiger partial charge in [-0.15, -0.1) is 0 Å². The van der Waals surface area contributed by atoms with Crippen LogP contribution in [0.1, 0.15) is 52.9 Å². The van der Waals surface area contributed by atoms with Gasteiger partial charge in [0.15, 0.2) is 0 Å². The molecule has 3 atom stereocenters. The summed E-state index contributed by atoms with van der Waals surface area (Å²) in [6.45, 7) is 8.28. The summed E-state index contributed by atoms with van der Waals surface area (Å²) < 4.78 is 0. The molecule has 1 fully saturated rings. The van der Waals surface area contributed by atoms with E-state index in [1.807, 2.05) is 11.8 Å². The predicted molar refractivity (Wildman–Crippen MR) is 80.7 cm³/mol. The Balaban J connectivity index is 2.20. The summed E-state index contributed by atoms with van der Waals surface area (Å²) >= 11 is 1.97. The highest BCUT2D eigenvalue weighted by Gasteiger charge is 2.22. The summed E-state index contributed by atoms with van der Waals surface area (Å²) in [5, 5.41) is 3.80. The van der Waals surface area contributed by atoms with E-state index in [0.29, 0.717) is 0 Å². The highest BCUT2D eigenvalue weighted by Crippen LogP contribution is 2.29. The standard InChI is InChI=1S/C15H31NS/c1-12(2)8-14-6-5-7-15(9-14)16-10-13(3)11-17-4/h12-16H,5-11H2,1-4H3. The van der Waals surface area contributed by atoms with Gasteiger partial charge < -0.3 is 5.32 Å². The van der Waals surface area contributed by atoms with Crippen LogP contribution in [0.4, 0.5) is 0 Å². The third-order valence-corrected chi connectivity index (χ3v) is 4.70. The van der Waals surface area contributed by atoms with Crippen LogP contribution in [0.2, 0.25) is 0 Å². The third-order valence-electron chi connectivity index (χ3n) is 3.79. The maximum atomic E-state index is 3.80. The van der Waals surface area contributed by atoms with Crippen LogP contribution in [0.15, 0.2) is 0 Å². The molecule has 0 aromatic carbocycles. The van der Waals surface area contributed by atoms with Gasteiger partial charge in [-0.1, -0.05) is 33.6 Å². The van der Waals surface area contributed by atoms with Crippen molar-refractivity contribution in [2.75, 3.05) is 18.6 Å². The largest absolute Gasteiger partial charge is 0.314 e. The molecule has 0 saturated heterocycles. The van der Waals surface area contributed by atoms with Crippen molar-refractivity contribution in [3.63, 3.8) is 0 Å². The lowest BCUT2D eigenvalue weighted by Crippen LogP contribution is -2.37. The Morgan fingerprint density at radius 1 is 1.24 bits per heavy atom. The number of rotatable bonds is 7. The molecule has 102 valence electrons. The number of hydrogen-bond acceptors (Lipinski definition) is 2. The fourth-order valence-electron chi connectivity index (χ4n) is 3.07. The van der Waals surface area contributed by atoms with Crippen molar-refractivity contribution >= 4 is 11.8 Å². The molecule has 1 rings (SSSR count). The van der Waals surface area contributed by atoms with Gasteiger partial charge in [-0.05, 0) is 55.6 Å². The van der Waals surface area contributed by atoms with Gasteiger partial charge in [-0.25, -0.2) is 0 Å². The van der Waals surface area contributed by atoms with Crippen LogP contribution in [-0.2, 0) is 0 Å². The Bertz CT molecular complexity index is 193. The van der Waals surface area contributed by atoms with Crippen LogP contribution >= 0.6 is 11.8 Å². The second-order valence-electron chi connectivity index (χ2n) is 6.33. The predicted octanol–water partition coefficient (Wildman–Crippen LogP) is 4.18. The molecule has 17 heavy (non-hydrogen) atoms. The molecule has 0 bridgehead atoms. The molecule has 0 aromatic heterocycles. The summed E-state index contributed by atoms with van der Waals surface area (Å²) in [6.07, 6.45) is 9.36. The molecule has 1 nitrogen and oxygen atoms in total. The van der Waals surface area contributed by atoms with Crippen molar-refractivity contribution in [1.82, 2.24) is 5.32 Å². The number of thioether (sulfide) groups is 1. The van der Waals surface area contributed by atoms with Crippen LogP contribution in [0.25, 0.3) is 0 Å². The first-order chi connectivity index (χ1) is 8.11. The molecule has 0 aliphatic heterocycles. The Labute approximate surface area is 113 Å². The van der Waals surface area contributed by atoms with E-state index in [9.17, 15) is 0 Å². The van der Waals surface area contributed by atoms with E-state index in [1.165, 1.54) is 44.4 Å². The van der Waals surface area contributed by atoms with Crippen LogP contribution < -0.4 is 5.32 Å². The van der Waals surface area contributed by atoms with Crippen molar-refractivity contribution in [3.8, 4) is 0 Å². The molecular weight excluding hydrogens is 226 g/mol. The Hall–Kier alpha value is 0.310. The number of hydrogen-bond donors (Lipinski definition) is 1. The van der Waals surface area contributed by atoms with Gasteiger partial charge in [-0.3, -0.25) is 0 Å². The smallest absolute Gasteiger partial charge is 0.00698 e. The van der Waals surface area contributed by atoms with E-state index in [2.05, 4.69) is 32.3 Å². The molecular formula is C15H31NS. The molecule has 2 heteroatoms. The van der Waals surface area contributed by atoms with Crippen molar-refractivity contribution in [2.24, 2.45) is 17.8 Å². The molecule has 1 aliphatic carbocycles. The molecule has 0 aromatic rings. The van der Waals surface area contributed by atoms with Crippen molar-refractivity contribution in [2.45, 2.75) is 58.9 Å². The van der Waals surface area contributed by atoms with E-state index < -0.39 is 0 Å². The van der Waals surface area contributed by atoms with Crippen molar-refractivity contribution in [3.05, 3.63) is 0 Å². The third kappa shape index (κ3) is 6.71. The zero-order chi connectivity index (χ0) is 12.7. The molecule has 0 radical (unpaired) electrons. The molecule has 1 N–H and O–H groups in total. The minimum absolute atomic E-state index is 0.803. The average molecular weight is 257 g/mol. The van der Waals surface area contributed by atoms with Gasteiger partial charge >= 0.3 is 0 Å². The van der Waals surface area contributed by atoms with Gasteiger partial charge in [0.25, 0.3) is 0 Å². The molecule has 0 spiro atoms. The Morgan fingerprint density at radius 3 is 2.65 bits per heavy atom. The lowest BCUT2D eigenvalue weighted by atomic mass is 9.81. The zero-order valence-electron chi connectivity index (χ0n) is 12.2. The summed E-state index contributed by atoms with van der Waals surface area (Å²) in [5.41, 5.74) is 0. The van der Waals surface area contributed by atoms with E-state index >= 15 is 0 Å². The zero-order valence-corrected chi connectivity index (χ0v) is 13.0. The highest BCUT2D eigenvalue weighted by atomic mass is 32.2. The van der Waals surface area contributed by atoms with Crippen LogP contribution in [-0.4, -0.2) is 24.6 Å². The molecule has 0 heterocycles. The molecule has 0 amide bonds. The summed E-state index contributed by atoms with van der Waals surface area (Å²) in [7, 11) is 0. The minimum atomic E-state index is 0.803. The lowest BCUT2D eigenvalue weighted by Gasteiger charge is -2.31. The fraction of sp³-hybridized carbons (Fsp3) is 1.00. The van der Waals surface area contributed by atoms with Gasteiger partial charge in [0.2, 0.25) is 0 Å². The summed E-state index contributed by atoms with van der Waals surface area (Å²) in [5.74, 6) is 3.96. The first-order valence-corrected chi connectivity index (χ1v) is 8.73. The van der Waals surface area contributed by atoms with Gasteiger partial charge in [-0.2, -0.15) is 11.8 Å². The SMILES string of the molecule is CSCC(C)CNC1CCCC(CC(C)C)C1. The normalized spacial score (nSPS) is 27.4. The molecule has 1 aliphatic rings. The van der Waals surface area contributed by atoms with Crippen molar-refractivity contribution in [1.29, 1.82) is 0 Å². The van der Waals surface area contributed by atoms with E-state index in [-0.39, 0.29) is 0 Å². The highest BCUT2D eigenvalue weighted by molar-refractivity contribution is 7.98. The Morgan fingerprint density at radius 2 is 2.00 bits per heavy atom. The van der Waals surface area contributed by atoms with Crippen LogP contribution in [0, 0.1) is 17.8 Å². The quantitative estimate of drug-likeness (QED) is 0.734. The van der Waals surface area contributed by atoms with Crippen LogP contribution in [0.5, 0.6) is 0 Å². The van der Waals surface area contributed by atoms with E-state index in [4.69, 9.17) is 0 Å². The lowest BCUT2D eigenvalue weighted by molar-refractivity contribution is 0.249. The first kappa shape index (κ1) is 15.4. The molecule has 3 unspecified atom stereocenters. The summed E-state index contributed by atoms with van der Waals surface area (Å²) in [4.78, 5) is 0. The Kier molecular flexibility index (Phi) is 7.61. The van der Waals surface area contributed by atoms with E-state index in [0.717, 1.165) is 23.8 Å². The molecule has 1 saturated carbocycles. The maximum Gasteiger partial charge on any atom is 0.00698 e. The van der Waals surface area contributed by atoms with Crippen LogP contribution in [0.3, 0.4) is 0 Å². The van der Waals surface area contributed by atoms with Crippen molar-refractivity contribution < 1.29 is 0 Å². The minimum Gasteiger partial charge on any atom is -0.314 e. The topological polar surface area (TPSA) is 12.0 Å².